The van der Waals surface area contributed by atoms with Crippen molar-refractivity contribution in [2.24, 2.45) is 5.92 Å². The summed E-state index contributed by atoms with van der Waals surface area (Å²) in [5.74, 6) is 1.92. The van der Waals surface area contributed by atoms with Gasteiger partial charge >= 0.3 is 0 Å². The van der Waals surface area contributed by atoms with Gasteiger partial charge in [0.2, 0.25) is 11.8 Å². The highest BCUT2D eigenvalue weighted by molar-refractivity contribution is 5.78. The first-order valence-electron chi connectivity index (χ1n) is 9.09. The first-order chi connectivity index (χ1) is 12.2. The number of benzene rings is 1. The Hall–Kier alpha value is -2.21. The van der Waals surface area contributed by atoms with E-state index < -0.39 is 0 Å². The third-order valence-electron chi connectivity index (χ3n) is 5.12. The maximum Gasteiger partial charge on any atom is 0.234 e. The van der Waals surface area contributed by atoms with E-state index in [2.05, 4.69) is 32.5 Å². The smallest absolute Gasteiger partial charge is 0.234 e. The summed E-state index contributed by atoms with van der Waals surface area (Å²) in [6.45, 7) is 3.07. The highest BCUT2D eigenvalue weighted by Crippen LogP contribution is 2.41. The molecule has 0 unspecified atom stereocenters. The molecule has 2 aliphatic rings. The number of amides is 1. The summed E-state index contributed by atoms with van der Waals surface area (Å²) in [6.07, 6.45) is 4.40. The Bertz CT molecular complexity index is 726. The lowest BCUT2D eigenvalue weighted by Crippen LogP contribution is -2.39. The van der Waals surface area contributed by atoms with Gasteiger partial charge in [0.25, 0.3) is 0 Å². The number of hydrogen-bond acceptors (Lipinski definition) is 5. The van der Waals surface area contributed by atoms with Crippen LogP contribution in [0, 0.1) is 12.8 Å². The molecule has 1 amide bonds. The Balaban J connectivity index is 1.41. The quantitative estimate of drug-likeness (QED) is 0.875. The molecule has 2 fully saturated rings. The molecule has 0 bridgehead atoms. The van der Waals surface area contributed by atoms with Crippen molar-refractivity contribution in [2.45, 2.75) is 44.7 Å². The van der Waals surface area contributed by atoms with Crippen molar-refractivity contribution in [3.05, 3.63) is 47.6 Å². The van der Waals surface area contributed by atoms with Crippen LogP contribution in [0.25, 0.3) is 0 Å². The van der Waals surface area contributed by atoms with Crippen LogP contribution in [0.5, 0.6) is 0 Å². The summed E-state index contributed by atoms with van der Waals surface area (Å²) in [5.41, 5.74) is 1.20. The Labute approximate surface area is 147 Å². The van der Waals surface area contributed by atoms with Crippen molar-refractivity contribution in [1.82, 2.24) is 20.4 Å². The van der Waals surface area contributed by atoms with E-state index in [0.29, 0.717) is 24.2 Å². The molecule has 1 aromatic carbocycles. The average molecular weight is 340 g/mol. The Kier molecular flexibility index (Phi) is 4.53. The molecule has 2 heterocycles. The average Bonchev–Trinajstić information content (AvgIpc) is 3.21. The van der Waals surface area contributed by atoms with E-state index in [1.807, 2.05) is 18.2 Å². The molecule has 2 atom stereocenters. The molecule has 6 nitrogen and oxygen atoms in total. The fourth-order valence-corrected chi connectivity index (χ4v) is 3.72. The van der Waals surface area contributed by atoms with Gasteiger partial charge in [-0.1, -0.05) is 35.5 Å². The zero-order chi connectivity index (χ0) is 17.2. The maximum absolute atomic E-state index is 12.7. The normalized spacial score (nSPS) is 22.0. The standard InChI is InChI=1S/C19H24N4O2/c1-13-20-19(22-25-13)16-8-5-11-23(16)12-17(24)21-18(15-9-10-15)14-6-3-2-4-7-14/h2-4,6-7,15-16,18H,5,8-12H2,1H3,(H,21,24)/t16-,18-/m1/s1. The van der Waals surface area contributed by atoms with Crippen molar-refractivity contribution >= 4 is 5.91 Å². The fraction of sp³-hybridized carbons (Fsp3) is 0.526. The van der Waals surface area contributed by atoms with Gasteiger partial charge < -0.3 is 9.84 Å². The van der Waals surface area contributed by atoms with Gasteiger partial charge in [-0.05, 0) is 43.7 Å². The summed E-state index contributed by atoms with van der Waals surface area (Å²) in [6, 6.07) is 10.5. The van der Waals surface area contributed by atoms with E-state index in [0.717, 1.165) is 19.4 Å². The summed E-state index contributed by atoms with van der Waals surface area (Å²) in [5, 5.41) is 7.30. The van der Waals surface area contributed by atoms with Gasteiger partial charge in [0.15, 0.2) is 5.82 Å². The van der Waals surface area contributed by atoms with Crippen LogP contribution in [-0.2, 0) is 4.79 Å². The summed E-state index contributed by atoms with van der Waals surface area (Å²) in [4.78, 5) is 19.2. The fourth-order valence-electron chi connectivity index (χ4n) is 3.72. The van der Waals surface area contributed by atoms with Gasteiger partial charge in [-0.15, -0.1) is 0 Å². The van der Waals surface area contributed by atoms with E-state index in [9.17, 15) is 4.79 Å². The second-order valence-electron chi connectivity index (χ2n) is 7.09. The van der Waals surface area contributed by atoms with Crippen LogP contribution in [0.4, 0.5) is 0 Å². The Morgan fingerprint density at radius 1 is 1.32 bits per heavy atom. The number of likely N-dealkylation sites (tertiary alicyclic amines) is 1. The van der Waals surface area contributed by atoms with Gasteiger partial charge in [0.1, 0.15) is 0 Å². The van der Waals surface area contributed by atoms with Gasteiger partial charge in [-0.2, -0.15) is 4.98 Å². The number of hydrogen-bond donors (Lipinski definition) is 1. The van der Waals surface area contributed by atoms with Gasteiger partial charge in [-0.3, -0.25) is 9.69 Å². The minimum Gasteiger partial charge on any atom is -0.348 e. The van der Waals surface area contributed by atoms with Gasteiger partial charge in [0.05, 0.1) is 18.6 Å². The lowest BCUT2D eigenvalue weighted by Gasteiger charge is -2.24. The van der Waals surface area contributed by atoms with Crippen LogP contribution in [0.2, 0.25) is 0 Å². The number of aryl methyl sites for hydroxylation is 1. The minimum absolute atomic E-state index is 0.0767. The number of carbonyl (C=O) groups is 1. The second kappa shape index (κ2) is 6.96. The maximum atomic E-state index is 12.7. The molecule has 1 aliphatic carbocycles. The number of carbonyl (C=O) groups excluding carboxylic acids is 1. The molecule has 1 aliphatic heterocycles. The van der Waals surface area contributed by atoms with E-state index in [1.165, 1.54) is 18.4 Å². The van der Waals surface area contributed by atoms with E-state index in [1.54, 1.807) is 6.92 Å². The zero-order valence-electron chi connectivity index (χ0n) is 14.5. The number of aromatic nitrogens is 2. The summed E-state index contributed by atoms with van der Waals surface area (Å²) in [7, 11) is 0. The molecule has 25 heavy (non-hydrogen) atoms. The molecular formula is C19H24N4O2. The molecule has 0 spiro atoms. The van der Waals surface area contributed by atoms with Crippen LogP contribution in [0.3, 0.4) is 0 Å². The van der Waals surface area contributed by atoms with Gasteiger partial charge in [0, 0.05) is 6.92 Å². The monoisotopic (exact) mass is 340 g/mol. The summed E-state index contributed by atoms with van der Waals surface area (Å²) >= 11 is 0. The van der Waals surface area contributed by atoms with Crippen molar-refractivity contribution in [3.8, 4) is 0 Å². The Morgan fingerprint density at radius 2 is 2.12 bits per heavy atom. The number of nitrogens with one attached hydrogen (secondary N) is 1. The third-order valence-corrected chi connectivity index (χ3v) is 5.12. The van der Waals surface area contributed by atoms with E-state index in [4.69, 9.17) is 4.52 Å². The predicted octanol–water partition coefficient (Wildman–Crippen LogP) is 2.78. The molecule has 132 valence electrons. The van der Waals surface area contributed by atoms with Crippen molar-refractivity contribution in [1.29, 1.82) is 0 Å². The molecule has 6 heteroatoms. The number of rotatable bonds is 6. The molecule has 1 saturated heterocycles. The zero-order valence-corrected chi connectivity index (χ0v) is 14.5. The largest absolute Gasteiger partial charge is 0.348 e. The summed E-state index contributed by atoms with van der Waals surface area (Å²) < 4.78 is 5.10. The van der Waals surface area contributed by atoms with Crippen molar-refractivity contribution in [3.63, 3.8) is 0 Å². The van der Waals surface area contributed by atoms with Crippen LogP contribution in [0.15, 0.2) is 34.9 Å². The van der Waals surface area contributed by atoms with Crippen LogP contribution < -0.4 is 5.32 Å². The third kappa shape index (κ3) is 3.74. The predicted molar refractivity (Wildman–Crippen MR) is 92.6 cm³/mol. The van der Waals surface area contributed by atoms with Crippen molar-refractivity contribution in [2.75, 3.05) is 13.1 Å². The highest BCUT2D eigenvalue weighted by atomic mass is 16.5. The lowest BCUT2D eigenvalue weighted by atomic mass is 10.0. The highest BCUT2D eigenvalue weighted by Gasteiger charge is 2.35. The Morgan fingerprint density at radius 3 is 2.80 bits per heavy atom. The van der Waals surface area contributed by atoms with Crippen LogP contribution in [-0.4, -0.2) is 34.0 Å². The molecule has 1 saturated carbocycles. The molecular weight excluding hydrogens is 316 g/mol. The van der Waals surface area contributed by atoms with Gasteiger partial charge in [-0.25, -0.2) is 0 Å². The van der Waals surface area contributed by atoms with Crippen molar-refractivity contribution < 1.29 is 9.32 Å². The SMILES string of the molecule is Cc1nc([C@H]2CCCN2CC(=O)N[C@H](c2ccccc2)C2CC2)no1. The molecule has 1 N–H and O–H groups in total. The first kappa shape index (κ1) is 16.3. The second-order valence-corrected chi connectivity index (χ2v) is 7.09. The van der Waals surface area contributed by atoms with E-state index >= 15 is 0 Å². The molecule has 1 aromatic heterocycles. The lowest BCUT2D eigenvalue weighted by molar-refractivity contribution is -0.123. The molecule has 0 radical (unpaired) electrons. The minimum atomic E-state index is 0.0767. The van der Waals surface area contributed by atoms with E-state index in [-0.39, 0.29) is 18.0 Å². The molecule has 4 rings (SSSR count). The van der Waals surface area contributed by atoms with Crippen LogP contribution in [0.1, 0.15) is 55.0 Å². The van der Waals surface area contributed by atoms with Crippen LogP contribution >= 0.6 is 0 Å². The number of nitrogens with zero attached hydrogens (tertiary/aromatic N) is 3. The first-order valence-corrected chi connectivity index (χ1v) is 9.09. The topological polar surface area (TPSA) is 71.3 Å². The molecule has 2 aromatic rings.